The quantitative estimate of drug-likeness (QED) is 0.806. The summed E-state index contributed by atoms with van der Waals surface area (Å²) < 4.78 is 15.9. The number of hydrogen-bond donors (Lipinski definition) is 2. The number of carbonyl (C=O) groups excluding carboxylic acids is 1. The van der Waals surface area contributed by atoms with E-state index in [1.165, 1.54) is 14.2 Å². The number of rotatable bonds is 5. The van der Waals surface area contributed by atoms with Crippen molar-refractivity contribution in [2.24, 2.45) is 0 Å². The molecule has 116 valence electrons. The molecule has 1 aromatic carbocycles. The Balaban J connectivity index is 2.14. The summed E-state index contributed by atoms with van der Waals surface area (Å²) >= 11 is 0. The first-order valence-corrected chi connectivity index (χ1v) is 7.00. The number of nitrogens with one attached hydrogen (secondary N) is 1. The van der Waals surface area contributed by atoms with E-state index in [-0.39, 0.29) is 18.1 Å². The van der Waals surface area contributed by atoms with Crippen LogP contribution in [-0.2, 0) is 4.74 Å². The van der Waals surface area contributed by atoms with Crippen molar-refractivity contribution in [2.45, 2.75) is 31.9 Å². The third-order valence-electron chi connectivity index (χ3n) is 3.68. The maximum Gasteiger partial charge on any atom is 0.253 e. The number of nitrogens with two attached hydrogens (primary N) is 1. The van der Waals surface area contributed by atoms with Crippen LogP contribution in [0.5, 0.6) is 11.5 Å². The fraction of sp³-hybridized carbons (Fsp3) is 0.533. The van der Waals surface area contributed by atoms with E-state index in [2.05, 4.69) is 5.32 Å². The molecule has 0 saturated carbocycles. The van der Waals surface area contributed by atoms with Gasteiger partial charge in [-0.05, 0) is 25.8 Å². The first-order valence-electron chi connectivity index (χ1n) is 7.00. The molecule has 0 bridgehead atoms. The third kappa shape index (κ3) is 3.39. The average Bonchev–Trinajstić information content (AvgIpc) is 3.00. The van der Waals surface area contributed by atoms with Crippen molar-refractivity contribution in [3.8, 4) is 11.5 Å². The van der Waals surface area contributed by atoms with Gasteiger partial charge in [-0.25, -0.2) is 0 Å². The van der Waals surface area contributed by atoms with Crippen LogP contribution in [0.4, 0.5) is 5.69 Å². The van der Waals surface area contributed by atoms with Gasteiger partial charge in [-0.2, -0.15) is 0 Å². The molecule has 0 radical (unpaired) electrons. The summed E-state index contributed by atoms with van der Waals surface area (Å²) in [6.45, 7) is 2.69. The predicted molar refractivity (Wildman–Crippen MR) is 79.9 cm³/mol. The summed E-state index contributed by atoms with van der Waals surface area (Å²) in [5.74, 6) is 0.733. The van der Waals surface area contributed by atoms with Crippen LogP contribution in [0.25, 0.3) is 0 Å². The van der Waals surface area contributed by atoms with Crippen molar-refractivity contribution in [2.75, 3.05) is 26.6 Å². The lowest BCUT2D eigenvalue weighted by atomic mass is 10.1. The maximum atomic E-state index is 12.4. The Morgan fingerprint density at radius 3 is 2.62 bits per heavy atom. The van der Waals surface area contributed by atoms with E-state index < -0.39 is 0 Å². The minimum atomic E-state index is -0.239. The molecule has 0 spiro atoms. The number of nitrogen functional groups attached to an aromatic ring is 1. The van der Waals surface area contributed by atoms with Gasteiger partial charge in [0.05, 0.1) is 31.9 Å². The summed E-state index contributed by atoms with van der Waals surface area (Å²) in [5.41, 5.74) is 6.65. The number of amides is 1. The molecule has 1 amide bonds. The van der Waals surface area contributed by atoms with E-state index in [0.29, 0.717) is 22.7 Å². The molecule has 2 rings (SSSR count). The molecule has 21 heavy (non-hydrogen) atoms. The normalized spacial score (nSPS) is 19.1. The smallest absolute Gasteiger partial charge is 0.253 e. The van der Waals surface area contributed by atoms with Crippen LogP contribution in [-0.4, -0.2) is 38.9 Å². The minimum Gasteiger partial charge on any atom is -0.493 e. The summed E-state index contributed by atoms with van der Waals surface area (Å²) in [6.07, 6.45) is 2.06. The Kier molecular flexibility index (Phi) is 4.90. The number of hydrogen-bond acceptors (Lipinski definition) is 5. The SMILES string of the molecule is COc1cc(N)c(C(=O)NC(C)C2CCCO2)cc1OC. The summed E-state index contributed by atoms with van der Waals surface area (Å²) in [6, 6.07) is 3.11. The Bertz CT molecular complexity index is 513. The minimum absolute atomic E-state index is 0.0625. The fourth-order valence-corrected chi connectivity index (χ4v) is 2.47. The van der Waals surface area contributed by atoms with E-state index in [0.717, 1.165) is 19.4 Å². The third-order valence-corrected chi connectivity index (χ3v) is 3.68. The van der Waals surface area contributed by atoms with E-state index in [1.54, 1.807) is 12.1 Å². The molecule has 2 unspecified atom stereocenters. The van der Waals surface area contributed by atoms with Gasteiger partial charge in [0.25, 0.3) is 5.91 Å². The second kappa shape index (κ2) is 6.67. The topological polar surface area (TPSA) is 82.8 Å². The zero-order valence-corrected chi connectivity index (χ0v) is 12.6. The first-order chi connectivity index (χ1) is 10.1. The standard InChI is InChI=1S/C15H22N2O4/c1-9(12-5-4-6-21-12)17-15(18)10-7-13(19-2)14(20-3)8-11(10)16/h7-9,12H,4-6,16H2,1-3H3,(H,17,18). The van der Waals surface area contributed by atoms with Gasteiger partial charge in [0.15, 0.2) is 11.5 Å². The molecular formula is C15H22N2O4. The van der Waals surface area contributed by atoms with Gasteiger partial charge in [-0.3, -0.25) is 4.79 Å². The highest BCUT2D eigenvalue weighted by Gasteiger charge is 2.25. The zero-order chi connectivity index (χ0) is 15.4. The van der Waals surface area contributed by atoms with Crippen molar-refractivity contribution in [1.29, 1.82) is 0 Å². The van der Waals surface area contributed by atoms with Crippen molar-refractivity contribution in [3.05, 3.63) is 17.7 Å². The van der Waals surface area contributed by atoms with Crippen LogP contribution in [0.1, 0.15) is 30.1 Å². The molecule has 0 aliphatic carbocycles. The van der Waals surface area contributed by atoms with Gasteiger partial charge in [0.1, 0.15) is 0 Å². The highest BCUT2D eigenvalue weighted by atomic mass is 16.5. The molecule has 1 heterocycles. The van der Waals surface area contributed by atoms with Gasteiger partial charge in [0.2, 0.25) is 0 Å². The lowest BCUT2D eigenvalue weighted by molar-refractivity contribution is 0.0712. The molecule has 6 heteroatoms. The van der Waals surface area contributed by atoms with E-state index >= 15 is 0 Å². The number of carbonyl (C=O) groups is 1. The van der Waals surface area contributed by atoms with Crippen molar-refractivity contribution < 1.29 is 19.0 Å². The van der Waals surface area contributed by atoms with Crippen LogP contribution in [0.2, 0.25) is 0 Å². The van der Waals surface area contributed by atoms with Crippen molar-refractivity contribution in [1.82, 2.24) is 5.32 Å². The number of anilines is 1. The Hall–Kier alpha value is -1.95. The lowest BCUT2D eigenvalue weighted by Crippen LogP contribution is -2.41. The Labute approximate surface area is 124 Å². The van der Waals surface area contributed by atoms with Crippen molar-refractivity contribution in [3.63, 3.8) is 0 Å². The van der Waals surface area contributed by atoms with Gasteiger partial charge < -0.3 is 25.3 Å². The Morgan fingerprint density at radius 2 is 2.05 bits per heavy atom. The number of benzene rings is 1. The van der Waals surface area contributed by atoms with Gasteiger partial charge in [0, 0.05) is 18.4 Å². The largest absolute Gasteiger partial charge is 0.493 e. The second-order valence-corrected chi connectivity index (χ2v) is 5.11. The predicted octanol–water partition coefficient (Wildman–Crippen LogP) is 1.58. The maximum absolute atomic E-state index is 12.4. The van der Waals surface area contributed by atoms with Crippen LogP contribution in [0.15, 0.2) is 12.1 Å². The Morgan fingerprint density at radius 1 is 1.38 bits per heavy atom. The monoisotopic (exact) mass is 294 g/mol. The summed E-state index contributed by atoms with van der Waals surface area (Å²) in [4.78, 5) is 12.4. The molecule has 2 atom stereocenters. The second-order valence-electron chi connectivity index (χ2n) is 5.11. The highest BCUT2D eigenvalue weighted by Crippen LogP contribution is 2.32. The van der Waals surface area contributed by atoms with Crippen LogP contribution in [0, 0.1) is 0 Å². The van der Waals surface area contributed by atoms with Crippen molar-refractivity contribution >= 4 is 11.6 Å². The summed E-state index contributed by atoms with van der Waals surface area (Å²) in [7, 11) is 3.04. The zero-order valence-electron chi connectivity index (χ0n) is 12.6. The lowest BCUT2D eigenvalue weighted by Gasteiger charge is -2.21. The first kappa shape index (κ1) is 15.4. The average molecular weight is 294 g/mol. The molecule has 1 aromatic rings. The molecule has 0 aromatic heterocycles. The highest BCUT2D eigenvalue weighted by molar-refractivity contribution is 6.00. The van der Waals surface area contributed by atoms with Crippen LogP contribution >= 0.6 is 0 Å². The molecule has 3 N–H and O–H groups in total. The van der Waals surface area contributed by atoms with E-state index in [4.69, 9.17) is 19.9 Å². The molecule has 1 fully saturated rings. The molecule has 6 nitrogen and oxygen atoms in total. The van der Waals surface area contributed by atoms with E-state index in [9.17, 15) is 4.79 Å². The molecular weight excluding hydrogens is 272 g/mol. The molecule has 1 aliphatic rings. The van der Waals surface area contributed by atoms with Gasteiger partial charge in [-0.1, -0.05) is 0 Å². The van der Waals surface area contributed by atoms with Gasteiger partial charge in [-0.15, -0.1) is 0 Å². The van der Waals surface area contributed by atoms with Gasteiger partial charge >= 0.3 is 0 Å². The summed E-state index contributed by atoms with van der Waals surface area (Å²) in [5, 5.41) is 2.93. The van der Waals surface area contributed by atoms with Crippen LogP contribution in [0.3, 0.4) is 0 Å². The fourth-order valence-electron chi connectivity index (χ4n) is 2.47. The van der Waals surface area contributed by atoms with E-state index in [1.807, 2.05) is 6.92 Å². The van der Waals surface area contributed by atoms with Crippen LogP contribution < -0.4 is 20.5 Å². The number of methoxy groups -OCH3 is 2. The molecule has 1 saturated heterocycles. The molecule has 1 aliphatic heterocycles. The number of ether oxygens (including phenoxy) is 3.